The first kappa shape index (κ1) is 23.0. The molecule has 0 atom stereocenters. The van der Waals surface area contributed by atoms with Gasteiger partial charge in [-0.05, 0) is 62.1 Å². The summed E-state index contributed by atoms with van der Waals surface area (Å²) in [6, 6.07) is 6.96. The smallest absolute Gasteiger partial charge is 0.191 e. The highest BCUT2D eigenvalue weighted by molar-refractivity contribution is 5.79. The molecule has 1 saturated carbocycles. The molecule has 0 radical (unpaired) electrons. The van der Waals surface area contributed by atoms with Crippen LogP contribution in [-0.2, 0) is 14.9 Å². The molecule has 0 amide bonds. The quantitative estimate of drug-likeness (QED) is 0.469. The SMILES string of the molecule is CCNC(=NCC1(CCOC)CCCC1)NCC1(c2ccc(F)cc2)CCOCC1. The molecule has 1 heterocycles. The molecule has 0 spiro atoms. The highest BCUT2D eigenvalue weighted by Crippen LogP contribution is 2.41. The van der Waals surface area contributed by atoms with Crippen molar-refractivity contribution in [3.63, 3.8) is 0 Å². The second-order valence-electron chi connectivity index (χ2n) is 8.90. The van der Waals surface area contributed by atoms with Crippen molar-refractivity contribution in [2.75, 3.05) is 46.6 Å². The molecule has 0 bridgehead atoms. The van der Waals surface area contributed by atoms with E-state index >= 15 is 0 Å². The molecule has 168 valence electrons. The van der Waals surface area contributed by atoms with E-state index in [2.05, 4.69) is 17.6 Å². The van der Waals surface area contributed by atoms with Crippen LogP contribution in [0.3, 0.4) is 0 Å². The van der Waals surface area contributed by atoms with Crippen molar-refractivity contribution in [2.24, 2.45) is 10.4 Å². The summed E-state index contributed by atoms with van der Waals surface area (Å²) >= 11 is 0. The van der Waals surface area contributed by atoms with E-state index in [0.29, 0.717) is 0 Å². The monoisotopic (exact) mass is 419 g/mol. The fraction of sp³-hybridized carbons (Fsp3) is 0.708. The van der Waals surface area contributed by atoms with Gasteiger partial charge in [0.05, 0.1) is 0 Å². The van der Waals surface area contributed by atoms with Crippen LogP contribution < -0.4 is 10.6 Å². The fourth-order valence-electron chi connectivity index (χ4n) is 4.91. The Bertz CT molecular complexity index is 666. The van der Waals surface area contributed by atoms with Crippen molar-refractivity contribution in [1.82, 2.24) is 10.6 Å². The van der Waals surface area contributed by atoms with Gasteiger partial charge in [0.1, 0.15) is 5.82 Å². The van der Waals surface area contributed by atoms with Crippen molar-refractivity contribution in [3.8, 4) is 0 Å². The summed E-state index contributed by atoms with van der Waals surface area (Å²) < 4.78 is 24.5. The zero-order valence-electron chi connectivity index (χ0n) is 18.6. The van der Waals surface area contributed by atoms with Gasteiger partial charge in [-0.1, -0.05) is 25.0 Å². The molecular formula is C24H38FN3O2. The van der Waals surface area contributed by atoms with Crippen LogP contribution in [-0.4, -0.2) is 52.5 Å². The average Bonchev–Trinajstić information content (AvgIpc) is 3.24. The summed E-state index contributed by atoms with van der Waals surface area (Å²) in [5.41, 5.74) is 1.37. The molecule has 6 heteroatoms. The maximum absolute atomic E-state index is 13.5. The maximum Gasteiger partial charge on any atom is 0.191 e. The van der Waals surface area contributed by atoms with E-state index in [1.807, 2.05) is 12.1 Å². The van der Waals surface area contributed by atoms with Gasteiger partial charge in [-0.2, -0.15) is 0 Å². The lowest BCUT2D eigenvalue weighted by Gasteiger charge is -2.38. The van der Waals surface area contributed by atoms with Gasteiger partial charge in [0.2, 0.25) is 0 Å². The van der Waals surface area contributed by atoms with Crippen LogP contribution in [0.2, 0.25) is 0 Å². The molecule has 2 aliphatic rings. The summed E-state index contributed by atoms with van der Waals surface area (Å²) in [6.45, 7) is 6.77. The minimum atomic E-state index is -0.193. The molecule has 2 fully saturated rings. The number of nitrogens with one attached hydrogen (secondary N) is 2. The number of hydrogen-bond acceptors (Lipinski definition) is 3. The second-order valence-corrected chi connectivity index (χ2v) is 8.90. The first-order valence-electron chi connectivity index (χ1n) is 11.5. The lowest BCUT2D eigenvalue weighted by Crippen LogP contribution is -2.48. The van der Waals surface area contributed by atoms with Crippen LogP contribution in [0.25, 0.3) is 0 Å². The number of benzene rings is 1. The molecule has 1 aliphatic heterocycles. The van der Waals surface area contributed by atoms with E-state index in [1.54, 1.807) is 19.2 Å². The van der Waals surface area contributed by atoms with Gasteiger partial charge in [0, 0.05) is 52.0 Å². The summed E-state index contributed by atoms with van der Waals surface area (Å²) in [7, 11) is 1.78. The summed E-state index contributed by atoms with van der Waals surface area (Å²) in [5, 5.41) is 7.01. The van der Waals surface area contributed by atoms with Crippen LogP contribution >= 0.6 is 0 Å². The molecule has 5 nitrogen and oxygen atoms in total. The molecule has 0 unspecified atom stereocenters. The van der Waals surface area contributed by atoms with Crippen molar-refractivity contribution in [3.05, 3.63) is 35.6 Å². The van der Waals surface area contributed by atoms with Crippen molar-refractivity contribution in [2.45, 2.75) is 57.3 Å². The predicted octanol–water partition coefficient (Wildman–Crippen LogP) is 4.03. The molecule has 1 aromatic rings. The molecule has 30 heavy (non-hydrogen) atoms. The van der Waals surface area contributed by atoms with Crippen LogP contribution in [0.1, 0.15) is 57.4 Å². The van der Waals surface area contributed by atoms with Crippen LogP contribution in [0, 0.1) is 11.2 Å². The molecule has 2 N–H and O–H groups in total. The molecule has 1 aromatic carbocycles. The lowest BCUT2D eigenvalue weighted by molar-refractivity contribution is 0.0513. The Morgan fingerprint density at radius 3 is 2.43 bits per heavy atom. The minimum absolute atomic E-state index is 0.0662. The van der Waals surface area contributed by atoms with Crippen molar-refractivity contribution >= 4 is 5.96 Å². The van der Waals surface area contributed by atoms with E-state index in [9.17, 15) is 4.39 Å². The Labute approximate surface area is 180 Å². The molecular weight excluding hydrogens is 381 g/mol. The Balaban J connectivity index is 1.71. The second kappa shape index (κ2) is 11.1. The molecule has 1 aliphatic carbocycles. The van der Waals surface area contributed by atoms with E-state index < -0.39 is 0 Å². The first-order valence-corrected chi connectivity index (χ1v) is 11.5. The average molecular weight is 420 g/mol. The lowest BCUT2D eigenvalue weighted by atomic mass is 9.74. The fourth-order valence-corrected chi connectivity index (χ4v) is 4.91. The third-order valence-electron chi connectivity index (χ3n) is 6.92. The molecule has 3 rings (SSSR count). The van der Waals surface area contributed by atoms with E-state index in [0.717, 1.165) is 64.7 Å². The zero-order valence-corrected chi connectivity index (χ0v) is 18.6. The van der Waals surface area contributed by atoms with Crippen LogP contribution in [0.5, 0.6) is 0 Å². The normalized spacial score (nSPS) is 20.8. The van der Waals surface area contributed by atoms with Gasteiger partial charge in [-0.25, -0.2) is 4.39 Å². The number of aliphatic imine (C=N–C) groups is 1. The topological polar surface area (TPSA) is 54.9 Å². The van der Waals surface area contributed by atoms with E-state index in [1.165, 1.54) is 31.2 Å². The predicted molar refractivity (Wildman–Crippen MR) is 120 cm³/mol. The summed E-state index contributed by atoms with van der Waals surface area (Å²) in [5.74, 6) is 0.677. The third kappa shape index (κ3) is 5.94. The Morgan fingerprint density at radius 1 is 1.10 bits per heavy atom. The highest BCUT2D eigenvalue weighted by atomic mass is 19.1. The minimum Gasteiger partial charge on any atom is -0.385 e. The Kier molecular flexibility index (Phi) is 8.51. The van der Waals surface area contributed by atoms with Crippen molar-refractivity contribution in [1.29, 1.82) is 0 Å². The van der Waals surface area contributed by atoms with Gasteiger partial charge in [0.15, 0.2) is 5.96 Å². The highest BCUT2D eigenvalue weighted by Gasteiger charge is 2.35. The van der Waals surface area contributed by atoms with Crippen LogP contribution in [0.15, 0.2) is 29.3 Å². The number of methoxy groups -OCH3 is 1. The summed E-state index contributed by atoms with van der Waals surface area (Å²) in [6.07, 6.45) is 7.95. The van der Waals surface area contributed by atoms with Gasteiger partial charge in [0.25, 0.3) is 0 Å². The molecule has 0 aromatic heterocycles. The van der Waals surface area contributed by atoms with Gasteiger partial charge in [-0.3, -0.25) is 4.99 Å². The number of rotatable bonds is 9. The van der Waals surface area contributed by atoms with E-state index in [-0.39, 0.29) is 16.6 Å². The molecule has 1 saturated heterocycles. The van der Waals surface area contributed by atoms with Crippen molar-refractivity contribution < 1.29 is 13.9 Å². The largest absolute Gasteiger partial charge is 0.385 e. The van der Waals surface area contributed by atoms with Gasteiger partial charge < -0.3 is 20.1 Å². The van der Waals surface area contributed by atoms with Gasteiger partial charge in [-0.15, -0.1) is 0 Å². The number of halogens is 1. The Morgan fingerprint density at radius 2 is 1.80 bits per heavy atom. The number of nitrogens with zero attached hydrogens (tertiary/aromatic N) is 1. The van der Waals surface area contributed by atoms with E-state index in [4.69, 9.17) is 14.5 Å². The third-order valence-corrected chi connectivity index (χ3v) is 6.92. The maximum atomic E-state index is 13.5. The summed E-state index contributed by atoms with van der Waals surface area (Å²) in [4.78, 5) is 4.99. The van der Waals surface area contributed by atoms with Crippen LogP contribution in [0.4, 0.5) is 4.39 Å². The number of guanidine groups is 1. The standard InChI is InChI=1S/C24H38FN3O2/c1-3-26-22(27-18-23(12-15-29-2)10-4-5-11-23)28-19-24(13-16-30-17-14-24)20-6-8-21(25)9-7-20/h6-9H,3-5,10-19H2,1-2H3,(H2,26,27,28). The first-order chi connectivity index (χ1) is 14.6. The Hall–Kier alpha value is -1.66. The number of hydrogen-bond donors (Lipinski definition) is 2. The van der Waals surface area contributed by atoms with Gasteiger partial charge >= 0.3 is 0 Å². The zero-order chi connectivity index (χ0) is 21.3. The number of ether oxygens (including phenoxy) is 2.